The predicted molar refractivity (Wildman–Crippen MR) is 78.1 cm³/mol. The Balaban J connectivity index is 2.33. The summed E-state index contributed by atoms with van der Waals surface area (Å²) in [5.74, 6) is 0.0718. The molecule has 0 heterocycles. The van der Waals surface area contributed by atoms with Gasteiger partial charge in [0.2, 0.25) is 5.91 Å². The van der Waals surface area contributed by atoms with E-state index in [1.165, 1.54) is 0 Å². The first kappa shape index (κ1) is 16.4. The van der Waals surface area contributed by atoms with E-state index < -0.39 is 0 Å². The molecule has 4 heteroatoms. The van der Waals surface area contributed by atoms with Crippen molar-refractivity contribution in [1.29, 1.82) is 0 Å². The van der Waals surface area contributed by atoms with E-state index in [1.54, 1.807) is 0 Å². The lowest BCUT2D eigenvalue weighted by Crippen LogP contribution is -2.62. The number of carbonyl (C=O) groups excluding carboxylic acids is 1. The highest BCUT2D eigenvalue weighted by Gasteiger charge is 2.48. The fraction of sp³-hybridized carbons (Fsp3) is 0.933. The molecule has 112 valence electrons. The van der Waals surface area contributed by atoms with Gasteiger partial charge >= 0.3 is 0 Å². The normalized spacial score (nSPS) is 25.8. The Morgan fingerprint density at radius 2 is 2.00 bits per heavy atom. The van der Waals surface area contributed by atoms with Gasteiger partial charge in [-0.3, -0.25) is 4.79 Å². The minimum absolute atomic E-state index is 0.0718. The second kappa shape index (κ2) is 6.23. The summed E-state index contributed by atoms with van der Waals surface area (Å²) in [6.45, 7) is 13.7. The smallest absolute Gasteiger partial charge is 0.234 e. The molecule has 0 spiro atoms. The maximum Gasteiger partial charge on any atom is 0.234 e. The first-order valence-electron chi connectivity index (χ1n) is 7.39. The molecule has 1 aliphatic rings. The molecule has 1 saturated carbocycles. The lowest BCUT2D eigenvalue weighted by atomic mass is 9.64. The zero-order valence-electron chi connectivity index (χ0n) is 13.3. The zero-order valence-corrected chi connectivity index (χ0v) is 13.3. The number of hydrogen-bond acceptors (Lipinski definition) is 3. The van der Waals surface area contributed by atoms with Crippen molar-refractivity contribution in [3.63, 3.8) is 0 Å². The van der Waals surface area contributed by atoms with E-state index >= 15 is 0 Å². The van der Waals surface area contributed by atoms with Crippen molar-refractivity contribution in [3.8, 4) is 0 Å². The molecule has 2 N–H and O–H groups in total. The third kappa shape index (κ3) is 4.18. The first-order valence-corrected chi connectivity index (χ1v) is 7.39. The number of rotatable bonds is 7. The molecule has 2 unspecified atom stereocenters. The monoisotopic (exact) mass is 270 g/mol. The fourth-order valence-electron chi connectivity index (χ4n) is 2.44. The fourth-order valence-corrected chi connectivity index (χ4v) is 2.44. The first-order chi connectivity index (χ1) is 8.73. The molecule has 0 aliphatic heterocycles. The third-order valence-corrected chi connectivity index (χ3v) is 4.42. The number of carbonyl (C=O) groups is 1. The second-order valence-electron chi connectivity index (χ2n) is 6.72. The van der Waals surface area contributed by atoms with Gasteiger partial charge in [-0.15, -0.1) is 0 Å². The van der Waals surface area contributed by atoms with Crippen LogP contribution in [0, 0.1) is 5.41 Å². The Kier molecular flexibility index (Phi) is 5.39. The van der Waals surface area contributed by atoms with Gasteiger partial charge in [-0.25, -0.2) is 0 Å². The Morgan fingerprint density at radius 1 is 1.37 bits per heavy atom. The maximum atomic E-state index is 11.9. The summed E-state index contributed by atoms with van der Waals surface area (Å²) in [6, 6.07) is 0.361. The highest BCUT2D eigenvalue weighted by atomic mass is 16.5. The van der Waals surface area contributed by atoms with Crippen LogP contribution in [-0.2, 0) is 9.53 Å². The van der Waals surface area contributed by atoms with Gasteiger partial charge in [-0.1, -0.05) is 20.8 Å². The van der Waals surface area contributed by atoms with Crippen molar-refractivity contribution in [2.24, 2.45) is 5.41 Å². The molecule has 0 aromatic heterocycles. The van der Waals surface area contributed by atoms with Gasteiger partial charge in [0.05, 0.1) is 12.6 Å². The number of ether oxygens (including phenoxy) is 1. The van der Waals surface area contributed by atoms with Crippen LogP contribution in [0.2, 0.25) is 0 Å². The molecule has 19 heavy (non-hydrogen) atoms. The van der Waals surface area contributed by atoms with Gasteiger partial charge in [0.25, 0.3) is 0 Å². The third-order valence-electron chi connectivity index (χ3n) is 4.42. The summed E-state index contributed by atoms with van der Waals surface area (Å²) in [4.78, 5) is 11.9. The van der Waals surface area contributed by atoms with E-state index in [2.05, 4.69) is 31.4 Å². The minimum Gasteiger partial charge on any atom is -0.378 e. The minimum atomic E-state index is -0.123. The molecule has 1 amide bonds. The van der Waals surface area contributed by atoms with Gasteiger partial charge in [0, 0.05) is 23.6 Å². The Hall–Kier alpha value is -0.610. The molecular weight excluding hydrogens is 240 g/mol. The van der Waals surface area contributed by atoms with Gasteiger partial charge in [-0.2, -0.15) is 0 Å². The van der Waals surface area contributed by atoms with Gasteiger partial charge in [0.1, 0.15) is 0 Å². The van der Waals surface area contributed by atoms with Crippen molar-refractivity contribution in [2.75, 3.05) is 13.2 Å². The van der Waals surface area contributed by atoms with Crippen LogP contribution in [0.1, 0.15) is 54.4 Å². The Labute approximate surface area is 117 Å². The van der Waals surface area contributed by atoms with Crippen molar-refractivity contribution >= 4 is 5.91 Å². The van der Waals surface area contributed by atoms with E-state index in [9.17, 15) is 4.79 Å². The van der Waals surface area contributed by atoms with Crippen molar-refractivity contribution < 1.29 is 9.53 Å². The van der Waals surface area contributed by atoms with Gasteiger partial charge < -0.3 is 15.4 Å². The highest BCUT2D eigenvalue weighted by molar-refractivity contribution is 5.78. The molecule has 1 aliphatic carbocycles. The van der Waals surface area contributed by atoms with Crippen molar-refractivity contribution in [2.45, 2.75) is 72.1 Å². The SMILES string of the molecule is CCOC1CC(NCC(=O)NC(C)(C)CC)C1(C)C. The molecule has 4 nitrogen and oxygen atoms in total. The molecule has 1 fully saturated rings. The lowest BCUT2D eigenvalue weighted by molar-refractivity contribution is -0.127. The molecule has 0 aromatic rings. The van der Waals surface area contributed by atoms with Crippen LogP contribution >= 0.6 is 0 Å². The highest BCUT2D eigenvalue weighted by Crippen LogP contribution is 2.42. The van der Waals surface area contributed by atoms with Gasteiger partial charge in [0.15, 0.2) is 0 Å². The van der Waals surface area contributed by atoms with Crippen LogP contribution in [-0.4, -0.2) is 36.7 Å². The average Bonchev–Trinajstić information content (AvgIpc) is 2.32. The van der Waals surface area contributed by atoms with Crippen LogP contribution in [0.4, 0.5) is 0 Å². The molecule has 2 atom stereocenters. The number of hydrogen-bond donors (Lipinski definition) is 2. The van der Waals surface area contributed by atoms with Crippen LogP contribution in [0.3, 0.4) is 0 Å². The molecule has 0 bridgehead atoms. The Bertz CT molecular complexity index is 313. The molecular formula is C15H30N2O2. The standard InChI is InChI=1S/C15H30N2O2/c1-7-14(3,4)17-13(18)10-16-11-9-12(19-8-2)15(11,5)6/h11-12,16H,7-10H2,1-6H3,(H,17,18). The Morgan fingerprint density at radius 3 is 2.47 bits per heavy atom. The van der Waals surface area contributed by atoms with E-state index in [0.717, 1.165) is 19.4 Å². The van der Waals surface area contributed by atoms with E-state index in [1.807, 2.05) is 20.8 Å². The van der Waals surface area contributed by atoms with E-state index in [-0.39, 0.29) is 16.9 Å². The van der Waals surface area contributed by atoms with E-state index in [0.29, 0.717) is 18.7 Å². The summed E-state index contributed by atoms with van der Waals surface area (Å²) < 4.78 is 5.69. The lowest BCUT2D eigenvalue weighted by Gasteiger charge is -2.51. The number of amides is 1. The summed E-state index contributed by atoms with van der Waals surface area (Å²) in [7, 11) is 0. The summed E-state index contributed by atoms with van der Waals surface area (Å²) >= 11 is 0. The molecule has 1 rings (SSSR count). The summed E-state index contributed by atoms with van der Waals surface area (Å²) in [5, 5.41) is 6.39. The number of nitrogens with one attached hydrogen (secondary N) is 2. The molecule has 0 aromatic carbocycles. The predicted octanol–water partition coefficient (Wildman–Crippen LogP) is 2.08. The zero-order chi connectivity index (χ0) is 14.7. The topological polar surface area (TPSA) is 50.4 Å². The molecule has 0 radical (unpaired) electrons. The summed E-state index contributed by atoms with van der Waals surface area (Å²) in [6.07, 6.45) is 2.23. The van der Waals surface area contributed by atoms with Crippen molar-refractivity contribution in [1.82, 2.24) is 10.6 Å². The average molecular weight is 270 g/mol. The molecule has 0 saturated heterocycles. The van der Waals surface area contributed by atoms with Crippen LogP contribution in [0.25, 0.3) is 0 Å². The van der Waals surface area contributed by atoms with E-state index in [4.69, 9.17) is 4.74 Å². The summed E-state index contributed by atoms with van der Waals surface area (Å²) in [5.41, 5.74) is -0.0156. The van der Waals surface area contributed by atoms with Gasteiger partial charge in [-0.05, 0) is 33.6 Å². The maximum absolute atomic E-state index is 11.9. The van der Waals surface area contributed by atoms with Crippen LogP contribution in [0.15, 0.2) is 0 Å². The van der Waals surface area contributed by atoms with Crippen LogP contribution in [0.5, 0.6) is 0 Å². The largest absolute Gasteiger partial charge is 0.378 e. The van der Waals surface area contributed by atoms with Crippen molar-refractivity contribution in [3.05, 3.63) is 0 Å². The van der Waals surface area contributed by atoms with Crippen LogP contribution < -0.4 is 10.6 Å². The second-order valence-corrected chi connectivity index (χ2v) is 6.72. The quantitative estimate of drug-likeness (QED) is 0.745.